The largest absolute Gasteiger partial charge is 0.389 e. The highest BCUT2D eigenvalue weighted by Gasteiger charge is 2.18. The second kappa shape index (κ2) is 9.63. The van der Waals surface area contributed by atoms with Crippen LogP contribution in [0.4, 0.5) is 8.78 Å². The highest BCUT2D eigenvalue weighted by atomic mass is 19.1. The first kappa shape index (κ1) is 21.5. The molecule has 2 heterocycles. The van der Waals surface area contributed by atoms with Gasteiger partial charge in [-0.05, 0) is 41.5 Å². The molecule has 2 aromatic heterocycles. The summed E-state index contributed by atoms with van der Waals surface area (Å²) in [7, 11) is 0. The van der Waals surface area contributed by atoms with Gasteiger partial charge in [0.2, 0.25) is 0 Å². The molecule has 0 saturated heterocycles. The second-order valence-electron chi connectivity index (χ2n) is 7.15. The van der Waals surface area contributed by atoms with Crippen molar-refractivity contribution in [3.63, 3.8) is 0 Å². The molecule has 0 fully saturated rings. The van der Waals surface area contributed by atoms with Gasteiger partial charge in [0, 0.05) is 18.5 Å². The van der Waals surface area contributed by atoms with Gasteiger partial charge in [-0.2, -0.15) is 5.10 Å². The van der Waals surface area contributed by atoms with Crippen molar-refractivity contribution in [2.75, 3.05) is 6.61 Å². The van der Waals surface area contributed by atoms with Gasteiger partial charge in [-0.25, -0.2) is 18.4 Å². The third kappa shape index (κ3) is 5.13. The van der Waals surface area contributed by atoms with Crippen molar-refractivity contribution in [2.24, 2.45) is 0 Å². The summed E-state index contributed by atoms with van der Waals surface area (Å²) in [5, 5.41) is 14.8. The maximum atomic E-state index is 13.4. The van der Waals surface area contributed by atoms with E-state index in [0.29, 0.717) is 16.9 Å². The van der Waals surface area contributed by atoms with Crippen molar-refractivity contribution in [3.8, 4) is 5.82 Å². The molecule has 4 rings (SSSR count). The Balaban J connectivity index is 1.49. The van der Waals surface area contributed by atoms with Crippen LogP contribution < -0.4 is 5.56 Å². The topological polar surface area (TPSA) is 82.2 Å². The normalized spacial score (nSPS) is 12.2. The summed E-state index contributed by atoms with van der Waals surface area (Å²) < 4.78 is 35.4. The van der Waals surface area contributed by atoms with Gasteiger partial charge in [-0.1, -0.05) is 24.3 Å². The van der Waals surface area contributed by atoms with Crippen LogP contribution in [0.2, 0.25) is 0 Å². The van der Waals surface area contributed by atoms with E-state index >= 15 is 0 Å². The number of hydrogen-bond acceptors (Lipinski definition) is 5. The third-order valence-electron chi connectivity index (χ3n) is 4.81. The van der Waals surface area contributed by atoms with Crippen LogP contribution in [0, 0.1) is 11.6 Å². The number of nitrogens with zero attached hydrogens (tertiary/aromatic N) is 4. The van der Waals surface area contributed by atoms with Crippen LogP contribution in [0.25, 0.3) is 5.82 Å². The lowest BCUT2D eigenvalue weighted by atomic mass is 10.0. The summed E-state index contributed by atoms with van der Waals surface area (Å²) in [6.45, 7) is -0.232. The molecular weight excluding hydrogens is 418 g/mol. The van der Waals surface area contributed by atoms with Crippen LogP contribution in [0.1, 0.15) is 17.2 Å². The minimum Gasteiger partial charge on any atom is -0.389 e. The third-order valence-corrected chi connectivity index (χ3v) is 4.81. The van der Waals surface area contributed by atoms with Gasteiger partial charge < -0.3 is 9.84 Å². The van der Waals surface area contributed by atoms with E-state index in [9.17, 15) is 18.7 Å². The lowest BCUT2D eigenvalue weighted by Gasteiger charge is -2.21. The number of benzene rings is 2. The molecule has 32 heavy (non-hydrogen) atoms. The van der Waals surface area contributed by atoms with Gasteiger partial charge in [0.05, 0.1) is 19.3 Å². The van der Waals surface area contributed by atoms with E-state index in [1.807, 2.05) is 0 Å². The van der Waals surface area contributed by atoms with E-state index in [1.165, 1.54) is 30.3 Å². The number of aliphatic hydroxyl groups is 1. The summed E-state index contributed by atoms with van der Waals surface area (Å²) in [6.07, 6.45) is 3.11. The number of ether oxygens (including phenoxy) is 1. The average Bonchev–Trinajstić information content (AvgIpc) is 3.33. The Bertz CT molecular complexity index is 1160. The van der Waals surface area contributed by atoms with E-state index in [0.717, 1.165) is 4.68 Å². The Labute approximate surface area is 182 Å². The van der Waals surface area contributed by atoms with Gasteiger partial charge in [0.25, 0.3) is 5.56 Å². The molecule has 9 heteroatoms. The lowest BCUT2D eigenvalue weighted by Crippen LogP contribution is -2.31. The lowest BCUT2D eigenvalue weighted by molar-refractivity contribution is -0.00249. The molecule has 0 radical (unpaired) electrons. The highest BCUT2D eigenvalue weighted by Crippen LogP contribution is 2.26. The molecule has 4 aromatic rings. The molecule has 0 spiro atoms. The minimum absolute atomic E-state index is 0.0963. The van der Waals surface area contributed by atoms with Crippen LogP contribution in [0.5, 0.6) is 0 Å². The van der Waals surface area contributed by atoms with E-state index < -0.39 is 23.8 Å². The van der Waals surface area contributed by atoms with E-state index in [-0.39, 0.29) is 18.7 Å². The van der Waals surface area contributed by atoms with Gasteiger partial charge in [-0.15, -0.1) is 0 Å². The molecule has 164 valence electrons. The zero-order valence-corrected chi connectivity index (χ0v) is 16.9. The Morgan fingerprint density at radius 3 is 2.12 bits per heavy atom. The molecule has 1 N–H and O–H groups in total. The molecule has 0 unspecified atom stereocenters. The number of imidazole rings is 1. The van der Waals surface area contributed by atoms with Crippen molar-refractivity contribution in [3.05, 3.63) is 112 Å². The van der Waals surface area contributed by atoms with Gasteiger partial charge in [-0.3, -0.25) is 9.36 Å². The molecule has 0 aliphatic heterocycles. The Morgan fingerprint density at radius 2 is 1.56 bits per heavy atom. The quantitative estimate of drug-likeness (QED) is 0.458. The molecule has 2 aromatic carbocycles. The van der Waals surface area contributed by atoms with E-state index in [2.05, 4.69) is 10.1 Å². The zero-order chi connectivity index (χ0) is 22.5. The van der Waals surface area contributed by atoms with Crippen molar-refractivity contribution >= 4 is 0 Å². The van der Waals surface area contributed by atoms with Crippen molar-refractivity contribution in [1.82, 2.24) is 19.3 Å². The number of halogens is 2. The fourth-order valence-electron chi connectivity index (χ4n) is 3.22. The van der Waals surface area contributed by atoms with Gasteiger partial charge >= 0.3 is 0 Å². The molecule has 0 aliphatic carbocycles. The molecule has 1 atom stereocenters. The van der Waals surface area contributed by atoms with E-state index in [4.69, 9.17) is 4.74 Å². The molecule has 0 bridgehead atoms. The standard InChI is InChI=1S/C23H20F2N4O3/c24-18-5-1-16(2-6-18)23(17-3-7-19(25)8-4-17)32-14-20(30)13-29-22(31)10-9-21(27-29)28-12-11-26-15-28/h1-12,15,20,23,30H,13-14H2/t20-/m0/s1. The van der Waals surface area contributed by atoms with Crippen molar-refractivity contribution in [2.45, 2.75) is 18.8 Å². The predicted molar refractivity (Wildman–Crippen MR) is 112 cm³/mol. The fourth-order valence-corrected chi connectivity index (χ4v) is 3.22. The summed E-state index contributed by atoms with van der Waals surface area (Å²) in [5.74, 6) is -0.310. The predicted octanol–water partition coefficient (Wildman–Crippen LogP) is 2.87. The van der Waals surface area contributed by atoms with E-state index in [1.54, 1.807) is 53.6 Å². The maximum absolute atomic E-state index is 13.4. The molecule has 0 aliphatic rings. The van der Waals surface area contributed by atoms with Crippen LogP contribution in [0.15, 0.2) is 84.2 Å². The van der Waals surface area contributed by atoms with Gasteiger partial charge in [0.1, 0.15) is 24.1 Å². The minimum atomic E-state index is -1.05. The SMILES string of the molecule is O=c1ccc(-n2ccnc2)nn1C[C@H](O)COC(c1ccc(F)cc1)c1ccc(F)cc1. The number of rotatable bonds is 8. The van der Waals surface area contributed by atoms with Crippen molar-refractivity contribution < 1.29 is 18.6 Å². The first-order valence-electron chi connectivity index (χ1n) is 9.87. The van der Waals surface area contributed by atoms with Crippen LogP contribution in [-0.4, -0.2) is 37.1 Å². The number of hydrogen-bond donors (Lipinski definition) is 1. The average molecular weight is 438 g/mol. The summed E-state index contributed by atoms with van der Waals surface area (Å²) in [4.78, 5) is 16.1. The Morgan fingerprint density at radius 1 is 0.938 bits per heavy atom. The van der Waals surface area contributed by atoms with Gasteiger partial charge in [0.15, 0.2) is 5.82 Å². The summed E-state index contributed by atoms with van der Waals surface area (Å²) >= 11 is 0. The smallest absolute Gasteiger partial charge is 0.266 e. The molecular formula is C23H20F2N4O3. The first-order valence-corrected chi connectivity index (χ1v) is 9.87. The zero-order valence-electron chi connectivity index (χ0n) is 16.9. The van der Waals surface area contributed by atoms with Crippen LogP contribution in [0.3, 0.4) is 0 Å². The molecule has 0 saturated carbocycles. The summed E-state index contributed by atoms with van der Waals surface area (Å²) in [5.41, 5.74) is 0.909. The van der Waals surface area contributed by atoms with Crippen molar-refractivity contribution in [1.29, 1.82) is 0 Å². The number of aromatic nitrogens is 4. The van der Waals surface area contributed by atoms with Crippen LogP contribution in [-0.2, 0) is 11.3 Å². The van der Waals surface area contributed by atoms with Crippen LogP contribution >= 0.6 is 0 Å². The first-order chi connectivity index (χ1) is 15.5. The number of aliphatic hydroxyl groups excluding tert-OH is 1. The second-order valence-corrected chi connectivity index (χ2v) is 7.15. The monoisotopic (exact) mass is 438 g/mol. The molecule has 7 nitrogen and oxygen atoms in total. The highest BCUT2D eigenvalue weighted by molar-refractivity contribution is 5.30. The Hall–Kier alpha value is -3.69. The Kier molecular flexibility index (Phi) is 6.48. The maximum Gasteiger partial charge on any atom is 0.266 e. The summed E-state index contributed by atoms with van der Waals surface area (Å²) in [6, 6.07) is 14.4. The fraction of sp³-hybridized carbons (Fsp3) is 0.174. The molecule has 0 amide bonds.